The van der Waals surface area contributed by atoms with Crippen molar-refractivity contribution in [2.24, 2.45) is 0 Å². The number of hydrogen-bond donors (Lipinski definition) is 2. The molecule has 0 aliphatic carbocycles. The summed E-state index contributed by atoms with van der Waals surface area (Å²) in [6.07, 6.45) is 0. The van der Waals surface area contributed by atoms with Gasteiger partial charge in [0.25, 0.3) is 10.0 Å². The predicted molar refractivity (Wildman–Crippen MR) is 63.0 cm³/mol. The Morgan fingerprint density at radius 3 is 2.56 bits per heavy atom. The maximum atomic E-state index is 11.8. The Hall–Kier alpha value is -0.920. The topological polar surface area (TPSA) is 75.3 Å². The Morgan fingerprint density at radius 2 is 2.00 bits per heavy atom. The third-order valence-corrected chi connectivity index (χ3v) is 3.68. The number of halogens is 1. The number of carbonyl (C=O) groups is 1. The third-order valence-electron chi connectivity index (χ3n) is 1.80. The van der Waals surface area contributed by atoms with Crippen LogP contribution in [0.4, 0.5) is 0 Å². The SMILES string of the molecule is CC(=O)NNS(=O)(=O)c1cc(Br)ccc1C. The lowest BCUT2D eigenvalue weighted by molar-refractivity contribution is -0.119. The number of carbonyl (C=O) groups excluding carboxylic acids is 1. The van der Waals surface area contributed by atoms with Gasteiger partial charge in [0.15, 0.2) is 0 Å². The smallest absolute Gasteiger partial charge is 0.257 e. The molecule has 1 rings (SSSR count). The molecule has 0 fully saturated rings. The van der Waals surface area contributed by atoms with Crippen molar-refractivity contribution in [3.8, 4) is 0 Å². The second-order valence-corrected chi connectivity index (χ2v) is 5.76. The van der Waals surface area contributed by atoms with Crippen LogP contribution in [0, 0.1) is 6.92 Å². The molecule has 0 saturated heterocycles. The van der Waals surface area contributed by atoms with E-state index in [-0.39, 0.29) is 4.90 Å². The maximum Gasteiger partial charge on any atom is 0.257 e. The summed E-state index contributed by atoms with van der Waals surface area (Å²) in [5, 5.41) is 0. The van der Waals surface area contributed by atoms with Crippen LogP contribution in [0.25, 0.3) is 0 Å². The Morgan fingerprint density at radius 1 is 1.38 bits per heavy atom. The first-order chi connectivity index (χ1) is 7.33. The predicted octanol–water partition coefficient (Wildman–Crippen LogP) is 1.09. The van der Waals surface area contributed by atoms with Crippen molar-refractivity contribution in [3.63, 3.8) is 0 Å². The van der Waals surface area contributed by atoms with Gasteiger partial charge < -0.3 is 0 Å². The second-order valence-electron chi connectivity index (χ2n) is 3.20. The molecule has 0 heterocycles. The fourth-order valence-corrected chi connectivity index (χ4v) is 2.73. The van der Waals surface area contributed by atoms with Gasteiger partial charge in [-0.1, -0.05) is 22.0 Å². The summed E-state index contributed by atoms with van der Waals surface area (Å²) in [4.78, 5) is 12.7. The largest absolute Gasteiger partial charge is 0.278 e. The van der Waals surface area contributed by atoms with Crippen molar-refractivity contribution in [1.29, 1.82) is 0 Å². The molecule has 5 nitrogen and oxygen atoms in total. The van der Waals surface area contributed by atoms with E-state index in [0.29, 0.717) is 10.0 Å². The second kappa shape index (κ2) is 4.94. The normalized spacial score (nSPS) is 11.2. The highest BCUT2D eigenvalue weighted by Crippen LogP contribution is 2.19. The fourth-order valence-electron chi connectivity index (χ4n) is 1.06. The quantitative estimate of drug-likeness (QED) is 0.821. The minimum atomic E-state index is -3.72. The molecule has 0 aliphatic rings. The van der Waals surface area contributed by atoms with Gasteiger partial charge in [-0.3, -0.25) is 10.2 Å². The molecule has 0 saturated carbocycles. The lowest BCUT2D eigenvalue weighted by Gasteiger charge is -2.09. The number of hydrazine groups is 1. The van der Waals surface area contributed by atoms with Crippen LogP contribution < -0.4 is 10.3 Å². The van der Waals surface area contributed by atoms with E-state index in [0.717, 1.165) is 0 Å². The molecule has 7 heteroatoms. The molecular weight excluding hydrogens is 296 g/mol. The van der Waals surface area contributed by atoms with E-state index in [1.807, 2.05) is 10.3 Å². The highest BCUT2D eigenvalue weighted by atomic mass is 79.9. The Bertz CT molecular complexity index is 513. The van der Waals surface area contributed by atoms with E-state index in [9.17, 15) is 13.2 Å². The van der Waals surface area contributed by atoms with Crippen molar-refractivity contribution in [3.05, 3.63) is 28.2 Å². The molecule has 0 aromatic heterocycles. The third kappa shape index (κ3) is 3.29. The average molecular weight is 307 g/mol. The van der Waals surface area contributed by atoms with E-state index in [1.165, 1.54) is 13.0 Å². The monoisotopic (exact) mass is 306 g/mol. The van der Waals surface area contributed by atoms with Gasteiger partial charge >= 0.3 is 0 Å². The molecule has 0 unspecified atom stereocenters. The van der Waals surface area contributed by atoms with Crippen LogP contribution >= 0.6 is 15.9 Å². The Balaban J connectivity index is 3.07. The van der Waals surface area contributed by atoms with Crippen molar-refractivity contribution < 1.29 is 13.2 Å². The van der Waals surface area contributed by atoms with Crippen LogP contribution in [0.2, 0.25) is 0 Å². The molecular formula is C9H11BrN2O3S. The summed E-state index contributed by atoms with van der Waals surface area (Å²) in [6, 6.07) is 4.89. The van der Waals surface area contributed by atoms with Gasteiger partial charge in [-0.2, -0.15) is 0 Å². The van der Waals surface area contributed by atoms with E-state index in [2.05, 4.69) is 15.9 Å². The first kappa shape index (κ1) is 13.1. The minimum absolute atomic E-state index is 0.121. The van der Waals surface area contributed by atoms with Crippen LogP contribution in [0.5, 0.6) is 0 Å². The zero-order chi connectivity index (χ0) is 12.3. The molecule has 88 valence electrons. The first-order valence-electron chi connectivity index (χ1n) is 4.37. The summed E-state index contributed by atoms with van der Waals surface area (Å²) < 4.78 is 24.2. The van der Waals surface area contributed by atoms with Gasteiger partial charge in [0.2, 0.25) is 5.91 Å². The van der Waals surface area contributed by atoms with Crippen molar-refractivity contribution in [2.45, 2.75) is 18.7 Å². The number of rotatable bonds is 3. The summed E-state index contributed by atoms with van der Waals surface area (Å²) in [7, 11) is -3.72. The van der Waals surface area contributed by atoms with E-state index >= 15 is 0 Å². The molecule has 1 aromatic rings. The number of sulfonamides is 1. The summed E-state index contributed by atoms with van der Waals surface area (Å²) in [5.74, 6) is -0.476. The zero-order valence-corrected chi connectivity index (χ0v) is 11.1. The maximum absolute atomic E-state index is 11.8. The van der Waals surface area contributed by atoms with Crippen LogP contribution in [0.15, 0.2) is 27.6 Å². The molecule has 1 amide bonds. The minimum Gasteiger partial charge on any atom is -0.278 e. The number of benzene rings is 1. The van der Waals surface area contributed by atoms with Crippen LogP contribution in [0.3, 0.4) is 0 Å². The van der Waals surface area contributed by atoms with Crippen molar-refractivity contribution >= 4 is 31.9 Å². The summed E-state index contributed by atoms with van der Waals surface area (Å²) >= 11 is 3.19. The molecule has 0 bridgehead atoms. The molecule has 0 atom stereocenters. The first-order valence-corrected chi connectivity index (χ1v) is 6.65. The van der Waals surface area contributed by atoms with Crippen LogP contribution in [0.1, 0.15) is 12.5 Å². The van der Waals surface area contributed by atoms with Gasteiger partial charge in [0.05, 0.1) is 4.90 Å². The summed E-state index contributed by atoms with van der Waals surface area (Å²) in [6.45, 7) is 2.89. The van der Waals surface area contributed by atoms with E-state index in [4.69, 9.17) is 0 Å². The van der Waals surface area contributed by atoms with Gasteiger partial charge in [0, 0.05) is 11.4 Å². The Labute approximate surface area is 102 Å². The van der Waals surface area contributed by atoms with Crippen molar-refractivity contribution in [1.82, 2.24) is 10.3 Å². The summed E-state index contributed by atoms with van der Waals surface area (Å²) in [5.41, 5.74) is 2.64. The molecule has 1 aromatic carbocycles. The fraction of sp³-hybridized carbons (Fsp3) is 0.222. The van der Waals surface area contributed by atoms with Gasteiger partial charge in [-0.25, -0.2) is 8.42 Å². The lowest BCUT2D eigenvalue weighted by Crippen LogP contribution is -2.40. The lowest BCUT2D eigenvalue weighted by atomic mass is 10.2. The Kier molecular flexibility index (Phi) is 4.06. The number of nitrogens with one attached hydrogen (secondary N) is 2. The average Bonchev–Trinajstić information content (AvgIpc) is 2.19. The number of aryl methyl sites for hydroxylation is 1. The molecule has 0 radical (unpaired) electrons. The van der Waals surface area contributed by atoms with Crippen LogP contribution in [-0.2, 0) is 14.8 Å². The highest BCUT2D eigenvalue weighted by Gasteiger charge is 2.17. The van der Waals surface area contributed by atoms with Gasteiger partial charge in [-0.05, 0) is 24.6 Å². The van der Waals surface area contributed by atoms with Gasteiger partial charge in [-0.15, -0.1) is 4.83 Å². The van der Waals surface area contributed by atoms with Crippen LogP contribution in [-0.4, -0.2) is 14.3 Å². The number of hydrogen-bond acceptors (Lipinski definition) is 3. The van der Waals surface area contributed by atoms with E-state index < -0.39 is 15.9 Å². The number of amides is 1. The molecule has 0 spiro atoms. The van der Waals surface area contributed by atoms with E-state index in [1.54, 1.807) is 19.1 Å². The van der Waals surface area contributed by atoms with Gasteiger partial charge in [0.1, 0.15) is 0 Å². The highest BCUT2D eigenvalue weighted by molar-refractivity contribution is 9.10. The molecule has 16 heavy (non-hydrogen) atoms. The molecule has 2 N–H and O–H groups in total. The van der Waals surface area contributed by atoms with Crippen molar-refractivity contribution in [2.75, 3.05) is 0 Å². The molecule has 0 aliphatic heterocycles. The standard InChI is InChI=1S/C9H11BrN2O3S/c1-6-3-4-8(10)5-9(6)16(14,15)12-11-7(2)13/h3-5,12H,1-2H3,(H,11,13). The zero-order valence-electron chi connectivity index (χ0n) is 8.74.